The summed E-state index contributed by atoms with van der Waals surface area (Å²) in [6.45, 7) is 6.22. The molecule has 0 fully saturated rings. The normalized spacial score (nSPS) is 20.3. The Kier molecular flexibility index (Phi) is 5.51. The molecule has 2 atom stereocenters. The Morgan fingerprint density at radius 1 is 0.857 bits per heavy atom. The number of nitrogens with zero attached hydrogens (tertiary/aromatic N) is 1. The quantitative estimate of drug-likeness (QED) is 0.449. The van der Waals surface area contributed by atoms with Gasteiger partial charge in [-0.2, -0.15) is 0 Å². The summed E-state index contributed by atoms with van der Waals surface area (Å²) in [5, 5.41) is 0. The molecule has 0 spiro atoms. The highest BCUT2D eigenvalue weighted by Gasteiger charge is 2.65. The molecule has 3 aromatic rings. The summed E-state index contributed by atoms with van der Waals surface area (Å²) in [7, 11) is 2.72. The molecule has 2 bridgehead atoms. The van der Waals surface area contributed by atoms with Crippen LogP contribution in [-0.4, -0.2) is 26.2 Å². The lowest BCUT2D eigenvalue weighted by atomic mass is 9.70. The average Bonchev–Trinajstić information content (AvgIpc) is 3.36. The second kappa shape index (κ2) is 8.42. The fraction of sp³-hybridized carbons (Fsp3) is 0.267. The number of carbonyl (C=O) groups is 2. The third kappa shape index (κ3) is 3.14. The topological polar surface area (TPSA) is 55.8 Å². The molecule has 5 rings (SSSR count). The molecule has 5 heteroatoms. The Morgan fingerprint density at radius 3 is 2.11 bits per heavy atom. The van der Waals surface area contributed by atoms with E-state index < -0.39 is 23.5 Å². The molecule has 0 N–H and O–H groups in total. The third-order valence-corrected chi connectivity index (χ3v) is 7.37. The first kappa shape index (κ1) is 22.9. The first-order chi connectivity index (χ1) is 16.9. The molecule has 2 aliphatic rings. The summed E-state index contributed by atoms with van der Waals surface area (Å²) < 4.78 is 10.5. The number of fused-ring (bicyclic) bond motifs is 5. The molecule has 35 heavy (non-hydrogen) atoms. The lowest BCUT2D eigenvalue weighted by molar-refractivity contribution is -0.139. The van der Waals surface area contributed by atoms with Crippen LogP contribution in [0.1, 0.15) is 36.6 Å². The van der Waals surface area contributed by atoms with Crippen molar-refractivity contribution in [2.75, 3.05) is 19.1 Å². The van der Waals surface area contributed by atoms with Crippen LogP contribution in [0.3, 0.4) is 0 Å². The van der Waals surface area contributed by atoms with E-state index in [-0.39, 0.29) is 5.92 Å². The Hall–Kier alpha value is -3.86. The fourth-order valence-corrected chi connectivity index (χ4v) is 5.92. The number of benzene rings is 3. The number of hydrogen-bond donors (Lipinski definition) is 0. The molecule has 178 valence electrons. The number of carbonyl (C=O) groups excluding carboxylic acids is 2. The van der Waals surface area contributed by atoms with Crippen molar-refractivity contribution in [3.05, 3.63) is 101 Å². The van der Waals surface area contributed by atoms with E-state index in [1.807, 2.05) is 25.1 Å². The van der Waals surface area contributed by atoms with Gasteiger partial charge in [-0.3, -0.25) is 0 Å². The van der Waals surface area contributed by atoms with Crippen LogP contribution in [0.2, 0.25) is 0 Å². The van der Waals surface area contributed by atoms with Gasteiger partial charge in [-0.15, -0.1) is 0 Å². The summed E-state index contributed by atoms with van der Waals surface area (Å²) in [6, 6.07) is 24.3. The largest absolute Gasteiger partial charge is 0.466 e. The summed E-state index contributed by atoms with van der Waals surface area (Å²) >= 11 is 0. The number of anilines is 1. The van der Waals surface area contributed by atoms with Crippen molar-refractivity contribution in [1.29, 1.82) is 0 Å². The number of hydrogen-bond acceptors (Lipinski definition) is 5. The highest BCUT2D eigenvalue weighted by atomic mass is 16.5. The van der Waals surface area contributed by atoms with Crippen LogP contribution >= 0.6 is 0 Å². The fourth-order valence-electron chi connectivity index (χ4n) is 5.92. The van der Waals surface area contributed by atoms with E-state index in [0.717, 1.165) is 33.5 Å². The van der Waals surface area contributed by atoms with Gasteiger partial charge in [0.15, 0.2) is 0 Å². The molecule has 2 unspecified atom stereocenters. The maximum Gasteiger partial charge on any atom is 0.337 e. The van der Waals surface area contributed by atoms with Gasteiger partial charge < -0.3 is 14.4 Å². The molecule has 2 heterocycles. The number of methoxy groups -OCH3 is 2. The predicted octanol–water partition coefficient (Wildman–Crippen LogP) is 5.73. The first-order valence-electron chi connectivity index (χ1n) is 11.8. The number of esters is 2. The van der Waals surface area contributed by atoms with E-state index >= 15 is 0 Å². The minimum Gasteiger partial charge on any atom is -0.466 e. The van der Waals surface area contributed by atoms with Crippen LogP contribution in [0, 0.1) is 12.8 Å². The van der Waals surface area contributed by atoms with Gasteiger partial charge in [-0.1, -0.05) is 74.0 Å². The highest BCUT2D eigenvalue weighted by molar-refractivity contribution is 6.08. The number of ether oxygens (including phenoxy) is 2. The molecule has 0 radical (unpaired) electrons. The lowest BCUT2D eigenvalue weighted by Crippen LogP contribution is -2.46. The average molecular weight is 468 g/mol. The van der Waals surface area contributed by atoms with Crippen molar-refractivity contribution in [2.45, 2.75) is 32.4 Å². The molecular weight excluding hydrogens is 438 g/mol. The van der Waals surface area contributed by atoms with Crippen LogP contribution in [-0.2, 0) is 24.6 Å². The second-order valence-corrected chi connectivity index (χ2v) is 9.47. The van der Waals surface area contributed by atoms with Crippen LogP contribution in [0.25, 0.3) is 11.1 Å². The van der Waals surface area contributed by atoms with Gasteiger partial charge in [0.2, 0.25) is 0 Å². The molecule has 3 aromatic carbocycles. The summed E-state index contributed by atoms with van der Waals surface area (Å²) in [4.78, 5) is 28.9. The molecule has 5 nitrogen and oxygen atoms in total. The Balaban J connectivity index is 1.85. The molecular formula is C30H29NO4. The number of rotatable bonds is 5. The Morgan fingerprint density at radius 2 is 1.51 bits per heavy atom. The molecule has 0 aromatic heterocycles. The minimum absolute atomic E-state index is 0.0603. The molecule has 0 saturated heterocycles. The van der Waals surface area contributed by atoms with E-state index in [1.165, 1.54) is 14.2 Å². The van der Waals surface area contributed by atoms with Crippen molar-refractivity contribution in [1.82, 2.24) is 0 Å². The monoisotopic (exact) mass is 467 g/mol. The maximum atomic E-state index is 13.4. The zero-order valence-corrected chi connectivity index (χ0v) is 20.7. The lowest BCUT2D eigenvalue weighted by Gasteiger charge is -2.42. The molecule has 2 aliphatic heterocycles. The first-order valence-corrected chi connectivity index (χ1v) is 11.8. The van der Waals surface area contributed by atoms with Gasteiger partial charge in [-0.05, 0) is 53.3 Å². The van der Waals surface area contributed by atoms with E-state index in [0.29, 0.717) is 11.1 Å². The zero-order chi connectivity index (χ0) is 24.9. The van der Waals surface area contributed by atoms with Crippen LogP contribution < -0.4 is 4.90 Å². The van der Waals surface area contributed by atoms with Gasteiger partial charge in [0.25, 0.3) is 0 Å². The standard InChI is InChI=1S/C30H29NO4/c1-18(2)30-24-17-21(20-9-7-6-8-10-20)13-16-23(24)27(31(30)22-14-11-19(3)12-15-22)25(28(32)34-4)26(30)29(33)35-5/h6-18,27H,1-5H3. The molecule has 0 amide bonds. The van der Waals surface area contributed by atoms with E-state index in [1.54, 1.807) is 0 Å². The Labute approximate surface area is 206 Å². The molecule has 0 saturated carbocycles. The van der Waals surface area contributed by atoms with Gasteiger partial charge in [0.1, 0.15) is 5.54 Å². The predicted molar refractivity (Wildman–Crippen MR) is 136 cm³/mol. The van der Waals surface area contributed by atoms with E-state index in [2.05, 4.69) is 73.3 Å². The van der Waals surface area contributed by atoms with Gasteiger partial charge in [0, 0.05) is 5.69 Å². The van der Waals surface area contributed by atoms with Crippen molar-refractivity contribution >= 4 is 17.6 Å². The highest BCUT2D eigenvalue weighted by Crippen LogP contribution is 2.64. The Bertz CT molecular complexity index is 1340. The summed E-state index contributed by atoms with van der Waals surface area (Å²) in [5.74, 6) is -1.07. The van der Waals surface area contributed by atoms with Crippen molar-refractivity contribution in [3.63, 3.8) is 0 Å². The van der Waals surface area contributed by atoms with Crippen LogP contribution in [0.4, 0.5) is 5.69 Å². The van der Waals surface area contributed by atoms with Crippen LogP contribution in [0.15, 0.2) is 83.9 Å². The van der Waals surface area contributed by atoms with Crippen molar-refractivity contribution in [3.8, 4) is 11.1 Å². The van der Waals surface area contributed by atoms with Crippen molar-refractivity contribution in [2.24, 2.45) is 5.92 Å². The van der Waals surface area contributed by atoms with E-state index in [4.69, 9.17) is 9.47 Å². The zero-order valence-electron chi connectivity index (χ0n) is 20.7. The van der Waals surface area contributed by atoms with Gasteiger partial charge >= 0.3 is 11.9 Å². The van der Waals surface area contributed by atoms with Gasteiger partial charge in [-0.25, -0.2) is 9.59 Å². The van der Waals surface area contributed by atoms with Crippen LogP contribution in [0.5, 0.6) is 0 Å². The van der Waals surface area contributed by atoms with Gasteiger partial charge in [0.05, 0.1) is 31.4 Å². The number of aryl methyl sites for hydroxylation is 1. The second-order valence-electron chi connectivity index (χ2n) is 9.47. The smallest absolute Gasteiger partial charge is 0.337 e. The summed E-state index contributed by atoms with van der Waals surface area (Å²) in [6.07, 6.45) is 0. The van der Waals surface area contributed by atoms with E-state index in [9.17, 15) is 9.59 Å². The summed E-state index contributed by atoms with van der Waals surface area (Å²) in [5.41, 5.74) is 6.08. The van der Waals surface area contributed by atoms with Crippen molar-refractivity contribution < 1.29 is 19.1 Å². The third-order valence-electron chi connectivity index (χ3n) is 7.37. The SMILES string of the molecule is COC(=O)C1=C(C(=O)OC)C2(C(C)C)c3cc(-c4ccccc4)ccc3C1N2c1ccc(C)cc1. The molecule has 0 aliphatic carbocycles. The minimum atomic E-state index is -0.892. The maximum absolute atomic E-state index is 13.4.